The van der Waals surface area contributed by atoms with Gasteiger partial charge < -0.3 is 10.4 Å². The van der Waals surface area contributed by atoms with E-state index < -0.39 is 0 Å². The Kier molecular flexibility index (Phi) is 6.03. The normalized spacial score (nSPS) is 14.6. The number of aliphatic hydroxyl groups excluding tert-OH is 1. The molecule has 17 heavy (non-hydrogen) atoms. The summed E-state index contributed by atoms with van der Waals surface area (Å²) in [6.07, 6.45) is 2.04. The van der Waals surface area contributed by atoms with Crippen LogP contribution in [0, 0.1) is 13.8 Å². The zero-order chi connectivity index (χ0) is 12.8. The molecule has 0 saturated carbocycles. The largest absolute Gasteiger partial charge is 0.395 e. The van der Waals surface area contributed by atoms with Crippen molar-refractivity contribution in [3.8, 4) is 0 Å². The van der Waals surface area contributed by atoms with Gasteiger partial charge in [0.15, 0.2) is 0 Å². The molecular weight excluding hydrogens is 230 g/mol. The zero-order valence-electron chi connectivity index (χ0n) is 11.2. The highest BCUT2D eigenvalue weighted by atomic mass is 32.2. The van der Waals surface area contributed by atoms with E-state index in [1.54, 1.807) is 11.8 Å². The van der Waals surface area contributed by atoms with Crippen molar-refractivity contribution in [2.24, 2.45) is 0 Å². The van der Waals surface area contributed by atoms with E-state index in [2.05, 4.69) is 44.3 Å². The SMILES string of the molecule is CSC(CO)C(C)NCc1cccc(C)c1C. The molecule has 2 atom stereocenters. The van der Waals surface area contributed by atoms with Crippen molar-refractivity contribution >= 4 is 11.8 Å². The molecule has 2 unspecified atom stereocenters. The molecular formula is C14H23NOS. The third-order valence-corrected chi connectivity index (χ3v) is 4.53. The Morgan fingerprint density at radius 3 is 2.65 bits per heavy atom. The second-order valence-corrected chi connectivity index (χ2v) is 5.56. The summed E-state index contributed by atoms with van der Waals surface area (Å²) >= 11 is 1.71. The van der Waals surface area contributed by atoms with Gasteiger partial charge in [-0.05, 0) is 43.7 Å². The monoisotopic (exact) mass is 253 g/mol. The first-order valence-electron chi connectivity index (χ1n) is 6.02. The van der Waals surface area contributed by atoms with E-state index >= 15 is 0 Å². The number of hydrogen-bond donors (Lipinski definition) is 2. The lowest BCUT2D eigenvalue weighted by Gasteiger charge is -2.22. The van der Waals surface area contributed by atoms with Crippen molar-refractivity contribution in [2.45, 2.75) is 38.6 Å². The summed E-state index contributed by atoms with van der Waals surface area (Å²) < 4.78 is 0. The van der Waals surface area contributed by atoms with Gasteiger partial charge in [0, 0.05) is 17.8 Å². The molecule has 0 amide bonds. The van der Waals surface area contributed by atoms with Gasteiger partial charge in [0.05, 0.1) is 6.61 Å². The minimum atomic E-state index is 0.224. The minimum Gasteiger partial charge on any atom is -0.395 e. The van der Waals surface area contributed by atoms with Crippen LogP contribution in [0.3, 0.4) is 0 Å². The lowest BCUT2D eigenvalue weighted by molar-refractivity contribution is 0.276. The molecule has 0 saturated heterocycles. The third kappa shape index (κ3) is 4.02. The van der Waals surface area contributed by atoms with E-state index in [4.69, 9.17) is 0 Å². The van der Waals surface area contributed by atoms with Gasteiger partial charge in [-0.2, -0.15) is 11.8 Å². The first-order chi connectivity index (χ1) is 8.10. The molecule has 0 bridgehead atoms. The summed E-state index contributed by atoms with van der Waals surface area (Å²) in [6.45, 7) is 7.52. The highest BCUT2D eigenvalue weighted by Gasteiger charge is 2.14. The summed E-state index contributed by atoms with van der Waals surface area (Å²) in [5.74, 6) is 0. The van der Waals surface area contributed by atoms with Crippen molar-refractivity contribution in [1.29, 1.82) is 0 Å². The number of thioether (sulfide) groups is 1. The van der Waals surface area contributed by atoms with Gasteiger partial charge in [-0.25, -0.2) is 0 Å². The van der Waals surface area contributed by atoms with Crippen LogP contribution in [-0.4, -0.2) is 29.3 Å². The third-order valence-electron chi connectivity index (χ3n) is 3.37. The van der Waals surface area contributed by atoms with Crippen LogP contribution < -0.4 is 5.32 Å². The van der Waals surface area contributed by atoms with Gasteiger partial charge in [0.1, 0.15) is 0 Å². The molecule has 2 nitrogen and oxygen atoms in total. The average molecular weight is 253 g/mol. The lowest BCUT2D eigenvalue weighted by Crippen LogP contribution is -2.37. The molecule has 0 radical (unpaired) electrons. The van der Waals surface area contributed by atoms with E-state index in [9.17, 15) is 5.11 Å². The molecule has 0 fully saturated rings. The van der Waals surface area contributed by atoms with Crippen molar-refractivity contribution in [2.75, 3.05) is 12.9 Å². The maximum atomic E-state index is 9.23. The van der Waals surface area contributed by atoms with E-state index in [0.717, 1.165) is 6.54 Å². The summed E-state index contributed by atoms with van der Waals surface area (Å²) in [5, 5.41) is 13.0. The zero-order valence-corrected chi connectivity index (χ0v) is 12.0. The Morgan fingerprint density at radius 1 is 1.35 bits per heavy atom. The van der Waals surface area contributed by atoms with Crippen LogP contribution in [0.1, 0.15) is 23.6 Å². The minimum absolute atomic E-state index is 0.224. The van der Waals surface area contributed by atoms with E-state index in [1.807, 2.05) is 6.26 Å². The van der Waals surface area contributed by atoms with Gasteiger partial charge >= 0.3 is 0 Å². The molecule has 0 aromatic heterocycles. The van der Waals surface area contributed by atoms with Gasteiger partial charge in [-0.15, -0.1) is 0 Å². The van der Waals surface area contributed by atoms with Crippen LogP contribution in [0.4, 0.5) is 0 Å². The molecule has 3 heteroatoms. The molecule has 2 N–H and O–H groups in total. The predicted octanol–water partition coefficient (Wildman–Crippen LogP) is 2.51. The highest BCUT2D eigenvalue weighted by molar-refractivity contribution is 7.99. The maximum absolute atomic E-state index is 9.23. The fourth-order valence-corrected chi connectivity index (χ4v) is 2.50. The van der Waals surface area contributed by atoms with E-state index in [0.29, 0.717) is 6.04 Å². The number of rotatable bonds is 6. The molecule has 1 aromatic carbocycles. The van der Waals surface area contributed by atoms with Crippen molar-refractivity contribution in [1.82, 2.24) is 5.32 Å². The second-order valence-electron chi connectivity index (χ2n) is 4.49. The highest BCUT2D eigenvalue weighted by Crippen LogP contribution is 2.14. The van der Waals surface area contributed by atoms with E-state index in [-0.39, 0.29) is 11.9 Å². The first-order valence-corrected chi connectivity index (χ1v) is 7.31. The standard InChI is InChI=1S/C14H23NOS/c1-10-6-5-7-13(11(10)2)8-15-12(3)14(9-16)17-4/h5-7,12,14-16H,8-9H2,1-4H3. The molecule has 1 aromatic rings. The summed E-state index contributed by atoms with van der Waals surface area (Å²) in [5.41, 5.74) is 4.03. The Morgan fingerprint density at radius 2 is 2.06 bits per heavy atom. The Bertz CT molecular complexity index is 350. The smallest absolute Gasteiger partial charge is 0.0564 e. The maximum Gasteiger partial charge on any atom is 0.0564 e. The molecule has 96 valence electrons. The van der Waals surface area contributed by atoms with Gasteiger partial charge in [-0.1, -0.05) is 18.2 Å². The average Bonchev–Trinajstić information content (AvgIpc) is 2.32. The Hall–Kier alpha value is -0.510. The molecule has 0 heterocycles. The quantitative estimate of drug-likeness (QED) is 0.817. The molecule has 0 aliphatic carbocycles. The number of aliphatic hydroxyl groups is 1. The van der Waals surface area contributed by atoms with Crippen LogP contribution in [0.5, 0.6) is 0 Å². The topological polar surface area (TPSA) is 32.3 Å². The Balaban J connectivity index is 2.58. The predicted molar refractivity (Wildman–Crippen MR) is 76.6 cm³/mol. The summed E-state index contributed by atoms with van der Waals surface area (Å²) in [7, 11) is 0. The van der Waals surface area contributed by atoms with Gasteiger partial charge in [0.2, 0.25) is 0 Å². The molecule has 1 rings (SSSR count). The molecule has 0 spiro atoms. The number of benzene rings is 1. The second kappa shape index (κ2) is 7.04. The molecule has 0 aliphatic rings. The molecule has 0 aliphatic heterocycles. The fraction of sp³-hybridized carbons (Fsp3) is 0.571. The van der Waals surface area contributed by atoms with E-state index in [1.165, 1.54) is 16.7 Å². The fourth-order valence-electron chi connectivity index (χ4n) is 1.84. The summed E-state index contributed by atoms with van der Waals surface area (Å²) in [6, 6.07) is 6.72. The van der Waals surface area contributed by atoms with Crippen LogP contribution in [0.25, 0.3) is 0 Å². The van der Waals surface area contributed by atoms with Crippen LogP contribution >= 0.6 is 11.8 Å². The number of hydrogen-bond acceptors (Lipinski definition) is 3. The van der Waals surface area contributed by atoms with Gasteiger partial charge in [0.25, 0.3) is 0 Å². The first kappa shape index (κ1) is 14.6. The van der Waals surface area contributed by atoms with Crippen molar-refractivity contribution < 1.29 is 5.11 Å². The van der Waals surface area contributed by atoms with Crippen LogP contribution in [0.2, 0.25) is 0 Å². The number of nitrogens with one attached hydrogen (secondary N) is 1. The van der Waals surface area contributed by atoms with Crippen molar-refractivity contribution in [3.63, 3.8) is 0 Å². The van der Waals surface area contributed by atoms with Crippen LogP contribution in [-0.2, 0) is 6.54 Å². The lowest BCUT2D eigenvalue weighted by atomic mass is 10.0. The van der Waals surface area contributed by atoms with Gasteiger partial charge in [-0.3, -0.25) is 0 Å². The number of aryl methyl sites for hydroxylation is 1. The van der Waals surface area contributed by atoms with Crippen LogP contribution in [0.15, 0.2) is 18.2 Å². The van der Waals surface area contributed by atoms with Crippen molar-refractivity contribution in [3.05, 3.63) is 34.9 Å². The summed E-state index contributed by atoms with van der Waals surface area (Å²) in [4.78, 5) is 0. The Labute approximate surface area is 109 Å².